The molecule has 7 heteroatoms. The van der Waals surface area contributed by atoms with E-state index in [9.17, 15) is 9.90 Å². The topological polar surface area (TPSA) is 91.5 Å². The van der Waals surface area contributed by atoms with E-state index in [2.05, 4.69) is 20.4 Å². The summed E-state index contributed by atoms with van der Waals surface area (Å²) in [5.74, 6) is 1.02. The summed E-state index contributed by atoms with van der Waals surface area (Å²) in [5, 5.41) is 23.9. The summed E-state index contributed by atoms with van der Waals surface area (Å²) in [5.41, 5.74) is 2.72. The van der Waals surface area contributed by atoms with Gasteiger partial charge in [0.1, 0.15) is 11.3 Å². The second-order valence-corrected chi connectivity index (χ2v) is 8.54. The fourth-order valence-electron chi connectivity index (χ4n) is 4.92. The average molecular weight is 390 g/mol. The van der Waals surface area contributed by atoms with Crippen molar-refractivity contribution in [3.8, 4) is 17.0 Å². The Kier molecular flexibility index (Phi) is 3.53. The number of hydrogen-bond acceptors (Lipinski definition) is 7. The number of hydrogen-bond donors (Lipinski definition) is 2. The fraction of sp³-hybridized carbons (Fsp3) is 0.409. The minimum absolute atomic E-state index is 0.0324. The van der Waals surface area contributed by atoms with Crippen LogP contribution in [0.2, 0.25) is 0 Å². The maximum absolute atomic E-state index is 11.4. The summed E-state index contributed by atoms with van der Waals surface area (Å²) >= 11 is 0. The molecule has 1 unspecified atom stereocenters. The van der Waals surface area contributed by atoms with Crippen LogP contribution in [-0.4, -0.2) is 40.0 Å². The molecule has 148 valence electrons. The number of phenolic OH excluding ortho intramolecular Hbond substituents is 1. The second-order valence-electron chi connectivity index (χ2n) is 8.54. The molecule has 2 fully saturated rings. The SMILES string of the molecule is O=c1ccc2cc(-c3cc4c(nn3)N(C3CCNC5(CC5)C3)CC4)c(O)cc2o1. The number of phenols is 1. The molecule has 3 aliphatic rings. The van der Waals surface area contributed by atoms with Gasteiger partial charge in [0.2, 0.25) is 0 Å². The van der Waals surface area contributed by atoms with Gasteiger partial charge in [-0.15, -0.1) is 10.2 Å². The highest BCUT2D eigenvalue weighted by molar-refractivity contribution is 5.86. The van der Waals surface area contributed by atoms with Crippen molar-refractivity contribution in [1.82, 2.24) is 15.5 Å². The van der Waals surface area contributed by atoms with Crippen LogP contribution >= 0.6 is 0 Å². The normalized spacial score (nSPS) is 22.2. The molecule has 1 saturated carbocycles. The van der Waals surface area contributed by atoms with Crippen molar-refractivity contribution in [2.75, 3.05) is 18.0 Å². The summed E-state index contributed by atoms with van der Waals surface area (Å²) < 4.78 is 5.15. The quantitative estimate of drug-likeness (QED) is 0.650. The molecule has 4 heterocycles. The molecule has 1 aromatic carbocycles. The minimum Gasteiger partial charge on any atom is -0.507 e. The van der Waals surface area contributed by atoms with Gasteiger partial charge in [0.15, 0.2) is 5.82 Å². The van der Waals surface area contributed by atoms with Crippen molar-refractivity contribution in [1.29, 1.82) is 0 Å². The zero-order valence-electron chi connectivity index (χ0n) is 16.0. The molecule has 1 saturated heterocycles. The van der Waals surface area contributed by atoms with Crippen molar-refractivity contribution >= 4 is 16.8 Å². The van der Waals surface area contributed by atoms with E-state index in [1.807, 2.05) is 6.07 Å². The van der Waals surface area contributed by atoms with Gasteiger partial charge in [-0.25, -0.2) is 4.79 Å². The van der Waals surface area contributed by atoms with Gasteiger partial charge in [0.25, 0.3) is 0 Å². The number of rotatable bonds is 2. The maximum atomic E-state index is 11.4. The monoisotopic (exact) mass is 390 g/mol. The van der Waals surface area contributed by atoms with Crippen LogP contribution < -0.4 is 15.8 Å². The Balaban J connectivity index is 1.34. The summed E-state index contributed by atoms with van der Waals surface area (Å²) in [4.78, 5) is 13.8. The first-order chi connectivity index (χ1) is 14.1. The predicted octanol–water partition coefficient (Wildman–Crippen LogP) is 2.60. The van der Waals surface area contributed by atoms with Crippen molar-refractivity contribution in [3.05, 3.63) is 46.3 Å². The first-order valence-electron chi connectivity index (χ1n) is 10.3. The second kappa shape index (κ2) is 6.03. The number of anilines is 1. The van der Waals surface area contributed by atoms with Crippen LogP contribution in [0.1, 0.15) is 31.2 Å². The van der Waals surface area contributed by atoms with E-state index in [0.717, 1.165) is 37.1 Å². The third-order valence-electron chi connectivity index (χ3n) is 6.66. The van der Waals surface area contributed by atoms with Gasteiger partial charge in [0, 0.05) is 46.8 Å². The summed E-state index contributed by atoms with van der Waals surface area (Å²) in [6, 6.07) is 8.89. The highest BCUT2D eigenvalue weighted by Gasteiger charge is 2.47. The van der Waals surface area contributed by atoms with Gasteiger partial charge in [0.05, 0.1) is 5.69 Å². The van der Waals surface area contributed by atoms with E-state index >= 15 is 0 Å². The lowest BCUT2D eigenvalue weighted by atomic mass is 9.96. The molecule has 1 aliphatic carbocycles. The molecule has 0 bridgehead atoms. The van der Waals surface area contributed by atoms with Gasteiger partial charge >= 0.3 is 5.63 Å². The molecule has 3 aromatic rings. The van der Waals surface area contributed by atoms with E-state index in [4.69, 9.17) is 4.42 Å². The Morgan fingerprint density at radius 3 is 2.97 bits per heavy atom. The van der Waals surface area contributed by atoms with Crippen molar-refractivity contribution in [2.45, 2.75) is 43.7 Å². The number of nitrogens with one attached hydrogen (secondary N) is 1. The van der Waals surface area contributed by atoms with Crippen LogP contribution in [0, 0.1) is 0 Å². The molecule has 7 nitrogen and oxygen atoms in total. The smallest absolute Gasteiger partial charge is 0.336 e. The number of piperidine rings is 1. The predicted molar refractivity (Wildman–Crippen MR) is 109 cm³/mol. The Bertz CT molecular complexity index is 1180. The minimum atomic E-state index is -0.437. The van der Waals surface area contributed by atoms with E-state index < -0.39 is 5.63 Å². The first-order valence-corrected chi connectivity index (χ1v) is 10.3. The molecule has 6 rings (SSSR count). The van der Waals surface area contributed by atoms with Crippen molar-refractivity contribution in [2.24, 2.45) is 0 Å². The number of fused-ring (bicyclic) bond motifs is 2. The third-order valence-corrected chi connectivity index (χ3v) is 6.66. The Labute approximate surface area is 167 Å². The summed E-state index contributed by atoms with van der Waals surface area (Å²) in [6.07, 6.45) is 5.85. The van der Waals surface area contributed by atoms with Crippen LogP contribution in [0.5, 0.6) is 5.75 Å². The Hall–Kier alpha value is -2.93. The summed E-state index contributed by atoms with van der Waals surface area (Å²) in [6.45, 7) is 2.05. The lowest BCUT2D eigenvalue weighted by Gasteiger charge is -2.37. The third kappa shape index (κ3) is 2.80. The molecular weight excluding hydrogens is 368 g/mol. The molecule has 2 N–H and O–H groups in total. The highest BCUT2D eigenvalue weighted by Crippen LogP contribution is 2.45. The molecule has 2 aromatic heterocycles. The average Bonchev–Trinajstić information content (AvgIpc) is 3.32. The molecule has 29 heavy (non-hydrogen) atoms. The van der Waals surface area contributed by atoms with Gasteiger partial charge in [-0.2, -0.15) is 0 Å². The van der Waals surface area contributed by atoms with E-state index in [1.165, 1.54) is 37.0 Å². The first kappa shape index (κ1) is 17.0. The van der Waals surface area contributed by atoms with Crippen LogP contribution in [0.25, 0.3) is 22.2 Å². The van der Waals surface area contributed by atoms with Crippen molar-refractivity contribution < 1.29 is 9.52 Å². The summed E-state index contributed by atoms with van der Waals surface area (Å²) in [7, 11) is 0. The fourth-order valence-corrected chi connectivity index (χ4v) is 4.92. The van der Waals surface area contributed by atoms with Gasteiger partial charge in [-0.05, 0) is 56.8 Å². The lowest BCUT2D eigenvalue weighted by Crippen LogP contribution is -2.49. The molecule has 1 spiro atoms. The van der Waals surface area contributed by atoms with E-state index in [1.54, 1.807) is 12.1 Å². The maximum Gasteiger partial charge on any atom is 0.336 e. The zero-order valence-corrected chi connectivity index (χ0v) is 16.0. The van der Waals surface area contributed by atoms with Gasteiger partial charge < -0.3 is 19.7 Å². The molecule has 2 aliphatic heterocycles. The largest absolute Gasteiger partial charge is 0.507 e. The molecule has 0 amide bonds. The molecular formula is C22H22N4O3. The standard InChI is InChI=1S/C22H22N4O3/c27-18-11-19-13(1-2-20(28)29-19)9-16(18)17-10-14-4-8-26(21(14)25-24-17)15-3-7-23-22(12-15)5-6-22/h1-2,9-11,15,23,27H,3-8,12H2. The van der Waals surface area contributed by atoms with Gasteiger partial charge in [-0.3, -0.25) is 0 Å². The van der Waals surface area contributed by atoms with E-state index in [-0.39, 0.29) is 5.75 Å². The van der Waals surface area contributed by atoms with Crippen LogP contribution in [-0.2, 0) is 6.42 Å². The van der Waals surface area contributed by atoms with Crippen LogP contribution in [0.4, 0.5) is 5.82 Å². The Morgan fingerprint density at radius 2 is 2.10 bits per heavy atom. The molecule has 1 atom stereocenters. The van der Waals surface area contributed by atoms with Crippen LogP contribution in [0.15, 0.2) is 39.5 Å². The molecule has 0 radical (unpaired) electrons. The van der Waals surface area contributed by atoms with Crippen molar-refractivity contribution in [3.63, 3.8) is 0 Å². The number of benzene rings is 1. The Morgan fingerprint density at radius 1 is 1.21 bits per heavy atom. The number of aromatic nitrogens is 2. The lowest BCUT2D eigenvalue weighted by molar-refractivity contribution is 0.333. The number of nitrogens with zero attached hydrogens (tertiary/aromatic N) is 3. The van der Waals surface area contributed by atoms with Gasteiger partial charge in [-0.1, -0.05) is 0 Å². The number of aromatic hydroxyl groups is 1. The zero-order chi connectivity index (χ0) is 19.6. The van der Waals surface area contributed by atoms with E-state index in [0.29, 0.717) is 28.4 Å². The highest BCUT2D eigenvalue weighted by atomic mass is 16.4. The van der Waals surface area contributed by atoms with Crippen LogP contribution in [0.3, 0.4) is 0 Å².